The summed E-state index contributed by atoms with van der Waals surface area (Å²) in [6, 6.07) is 9.05. The minimum atomic E-state index is -3.92. The predicted molar refractivity (Wildman–Crippen MR) is 96.3 cm³/mol. The molecule has 2 aromatic rings. The number of aliphatic carboxylic acids is 1. The minimum absolute atomic E-state index is 0.0147. The molecule has 0 saturated heterocycles. The molecule has 8 heteroatoms. The Bertz CT molecular complexity index is 948. The van der Waals surface area contributed by atoms with Crippen LogP contribution < -0.4 is 9.46 Å². The number of Topliss-reactive ketones (excluding diaryl/α,β-unsaturated/α-hetero) is 1. The van der Waals surface area contributed by atoms with Crippen molar-refractivity contribution >= 4 is 27.5 Å². The monoisotopic (exact) mass is 377 g/mol. The first-order valence-electron chi connectivity index (χ1n) is 7.70. The molecule has 138 valence electrons. The van der Waals surface area contributed by atoms with E-state index >= 15 is 0 Å². The number of carbonyl (C=O) groups excluding carboxylic acids is 1. The Morgan fingerprint density at radius 2 is 1.69 bits per heavy atom. The van der Waals surface area contributed by atoms with Crippen molar-refractivity contribution < 1.29 is 27.9 Å². The highest BCUT2D eigenvalue weighted by atomic mass is 32.2. The molecule has 2 rings (SSSR count). The van der Waals surface area contributed by atoms with E-state index in [-0.39, 0.29) is 16.4 Å². The summed E-state index contributed by atoms with van der Waals surface area (Å²) in [5.74, 6) is -1.04. The summed E-state index contributed by atoms with van der Waals surface area (Å²) in [5.41, 5.74) is 1.74. The maximum absolute atomic E-state index is 12.7. The lowest BCUT2D eigenvalue weighted by Gasteiger charge is -2.15. The Kier molecular flexibility index (Phi) is 5.66. The van der Waals surface area contributed by atoms with Crippen molar-refractivity contribution in [3.63, 3.8) is 0 Å². The van der Waals surface area contributed by atoms with Crippen molar-refractivity contribution in [3.8, 4) is 5.75 Å². The van der Waals surface area contributed by atoms with Crippen LogP contribution in [-0.2, 0) is 14.8 Å². The molecule has 0 amide bonds. The van der Waals surface area contributed by atoms with Gasteiger partial charge in [-0.1, -0.05) is 6.07 Å². The van der Waals surface area contributed by atoms with Crippen molar-refractivity contribution in [2.75, 3.05) is 11.3 Å². The Morgan fingerprint density at radius 3 is 2.23 bits per heavy atom. The number of hydrogen-bond acceptors (Lipinski definition) is 5. The molecule has 0 atom stereocenters. The molecule has 26 heavy (non-hydrogen) atoms. The fraction of sp³-hybridized carbons (Fsp3) is 0.222. The van der Waals surface area contributed by atoms with Gasteiger partial charge in [-0.15, -0.1) is 0 Å². The zero-order valence-corrected chi connectivity index (χ0v) is 15.4. The lowest BCUT2D eigenvalue weighted by molar-refractivity contribution is -0.139. The fourth-order valence-electron chi connectivity index (χ4n) is 2.44. The second-order valence-electron chi connectivity index (χ2n) is 5.76. The van der Waals surface area contributed by atoms with Crippen LogP contribution in [0, 0.1) is 13.8 Å². The number of carbonyl (C=O) groups is 2. The summed E-state index contributed by atoms with van der Waals surface area (Å²) in [6.07, 6.45) is 0. The maximum atomic E-state index is 12.7. The second-order valence-corrected chi connectivity index (χ2v) is 7.41. The molecular formula is C18H19NO6S. The zero-order valence-electron chi connectivity index (χ0n) is 14.6. The molecule has 7 nitrogen and oxygen atoms in total. The van der Waals surface area contributed by atoms with Gasteiger partial charge in [-0.05, 0) is 56.7 Å². The smallest absolute Gasteiger partial charge is 0.341 e. The molecular weight excluding hydrogens is 358 g/mol. The largest absolute Gasteiger partial charge is 0.481 e. The summed E-state index contributed by atoms with van der Waals surface area (Å²) in [7, 11) is -3.92. The van der Waals surface area contributed by atoms with E-state index in [9.17, 15) is 18.0 Å². The Labute approximate surface area is 151 Å². The molecule has 0 bridgehead atoms. The third kappa shape index (κ3) is 4.40. The first-order valence-corrected chi connectivity index (χ1v) is 9.19. The van der Waals surface area contributed by atoms with Crippen LogP contribution in [0.3, 0.4) is 0 Å². The van der Waals surface area contributed by atoms with Gasteiger partial charge in [-0.2, -0.15) is 0 Å². The van der Waals surface area contributed by atoms with Gasteiger partial charge in [-0.25, -0.2) is 13.2 Å². The van der Waals surface area contributed by atoms with E-state index in [2.05, 4.69) is 4.72 Å². The van der Waals surface area contributed by atoms with Gasteiger partial charge in [0.2, 0.25) is 0 Å². The molecule has 0 saturated carbocycles. The fourth-order valence-corrected chi connectivity index (χ4v) is 3.74. The van der Waals surface area contributed by atoms with Crippen molar-refractivity contribution in [1.29, 1.82) is 0 Å². The number of aryl methyl sites for hydroxylation is 1. The average molecular weight is 377 g/mol. The quantitative estimate of drug-likeness (QED) is 0.718. The summed E-state index contributed by atoms with van der Waals surface area (Å²) < 4.78 is 33.1. The molecule has 0 spiro atoms. The Morgan fingerprint density at radius 1 is 1.08 bits per heavy atom. The molecule has 0 unspecified atom stereocenters. The Hall–Kier alpha value is -2.87. The van der Waals surface area contributed by atoms with Gasteiger partial charge in [0.05, 0.1) is 4.90 Å². The highest BCUT2D eigenvalue weighted by Gasteiger charge is 2.21. The predicted octanol–water partition coefficient (Wildman–Crippen LogP) is 2.77. The van der Waals surface area contributed by atoms with E-state index in [4.69, 9.17) is 9.84 Å². The van der Waals surface area contributed by atoms with E-state index in [0.29, 0.717) is 22.4 Å². The van der Waals surface area contributed by atoms with Crippen LogP contribution in [-0.4, -0.2) is 31.9 Å². The molecule has 0 aliphatic heterocycles. The van der Waals surface area contributed by atoms with E-state index in [1.54, 1.807) is 19.9 Å². The number of ether oxygens (including phenoxy) is 1. The molecule has 0 aromatic heterocycles. The summed E-state index contributed by atoms with van der Waals surface area (Å²) in [5, 5.41) is 8.76. The number of carboxylic acid groups (broad SMARTS) is 1. The van der Waals surface area contributed by atoms with Crippen molar-refractivity contribution in [3.05, 3.63) is 53.1 Å². The van der Waals surface area contributed by atoms with Crippen LogP contribution in [0.15, 0.2) is 41.3 Å². The van der Waals surface area contributed by atoms with Gasteiger partial charge in [0, 0.05) is 16.8 Å². The highest BCUT2D eigenvalue weighted by Crippen LogP contribution is 2.30. The van der Waals surface area contributed by atoms with Gasteiger partial charge in [0.1, 0.15) is 5.75 Å². The van der Waals surface area contributed by atoms with E-state index in [1.165, 1.54) is 37.3 Å². The van der Waals surface area contributed by atoms with Gasteiger partial charge in [0.15, 0.2) is 12.4 Å². The lowest BCUT2D eigenvalue weighted by atomic mass is 10.1. The normalized spacial score (nSPS) is 11.0. The topological polar surface area (TPSA) is 110 Å². The molecule has 0 aliphatic carbocycles. The summed E-state index contributed by atoms with van der Waals surface area (Å²) in [4.78, 5) is 22.0. The first-order chi connectivity index (χ1) is 12.1. The zero-order chi connectivity index (χ0) is 19.5. The van der Waals surface area contributed by atoms with Gasteiger partial charge in [-0.3, -0.25) is 9.52 Å². The number of hydrogen-bond donors (Lipinski definition) is 2. The number of benzene rings is 2. The second kappa shape index (κ2) is 7.57. The van der Waals surface area contributed by atoms with Crippen LogP contribution in [0.1, 0.15) is 28.4 Å². The Balaban J connectivity index is 2.35. The van der Waals surface area contributed by atoms with Crippen LogP contribution >= 0.6 is 0 Å². The highest BCUT2D eigenvalue weighted by molar-refractivity contribution is 7.92. The number of ketones is 1. The number of sulfonamides is 1. The standard InChI is InChI=1S/C18H19NO6S/c1-11-4-9-16(12(2)18(11)25-10-17(21)22)26(23,24)19-15-7-5-14(6-8-15)13(3)20/h4-9,19H,10H2,1-3H3,(H,21,22). The molecule has 0 fully saturated rings. The molecule has 0 heterocycles. The minimum Gasteiger partial charge on any atom is -0.481 e. The molecule has 2 aromatic carbocycles. The van der Waals surface area contributed by atoms with Crippen LogP contribution in [0.5, 0.6) is 5.75 Å². The van der Waals surface area contributed by atoms with Crippen molar-refractivity contribution in [2.45, 2.75) is 25.7 Å². The number of rotatable bonds is 7. The van der Waals surface area contributed by atoms with Gasteiger partial charge >= 0.3 is 5.97 Å². The maximum Gasteiger partial charge on any atom is 0.341 e. The van der Waals surface area contributed by atoms with Gasteiger partial charge in [0.25, 0.3) is 10.0 Å². The number of carboxylic acids is 1. The summed E-state index contributed by atoms with van der Waals surface area (Å²) >= 11 is 0. The van der Waals surface area contributed by atoms with Crippen molar-refractivity contribution in [2.24, 2.45) is 0 Å². The lowest BCUT2D eigenvalue weighted by Crippen LogP contribution is -2.16. The molecule has 0 aliphatic rings. The summed E-state index contributed by atoms with van der Waals surface area (Å²) in [6.45, 7) is 4.12. The number of nitrogens with one attached hydrogen (secondary N) is 1. The first kappa shape index (κ1) is 19.5. The van der Waals surface area contributed by atoms with Crippen LogP contribution in [0.4, 0.5) is 5.69 Å². The van der Waals surface area contributed by atoms with Crippen LogP contribution in [0.2, 0.25) is 0 Å². The molecule has 2 N–H and O–H groups in total. The SMILES string of the molecule is CC(=O)c1ccc(NS(=O)(=O)c2ccc(C)c(OCC(=O)O)c2C)cc1. The van der Waals surface area contributed by atoms with E-state index < -0.39 is 22.6 Å². The van der Waals surface area contributed by atoms with E-state index in [0.717, 1.165) is 0 Å². The third-order valence-electron chi connectivity index (χ3n) is 3.73. The van der Waals surface area contributed by atoms with E-state index in [1.807, 2.05) is 0 Å². The molecule has 0 radical (unpaired) electrons. The average Bonchev–Trinajstić information content (AvgIpc) is 2.54. The number of anilines is 1. The third-order valence-corrected chi connectivity index (χ3v) is 5.25. The van der Waals surface area contributed by atoms with Crippen molar-refractivity contribution in [1.82, 2.24) is 0 Å². The van der Waals surface area contributed by atoms with Gasteiger partial charge < -0.3 is 9.84 Å². The van der Waals surface area contributed by atoms with Crippen LogP contribution in [0.25, 0.3) is 0 Å².